The van der Waals surface area contributed by atoms with Gasteiger partial charge in [-0.3, -0.25) is 0 Å². The van der Waals surface area contributed by atoms with Gasteiger partial charge in [0.1, 0.15) is 11.5 Å². The highest BCUT2D eigenvalue weighted by molar-refractivity contribution is 5.05. The Balaban J connectivity index is 1.79. The first kappa shape index (κ1) is 10.7. The summed E-state index contributed by atoms with van der Waals surface area (Å²) in [7, 11) is 1.76. The quantitative estimate of drug-likeness (QED) is 0.779. The fourth-order valence-corrected chi connectivity index (χ4v) is 1.85. The second-order valence-corrected chi connectivity index (χ2v) is 4.29. The highest BCUT2D eigenvalue weighted by Crippen LogP contribution is 2.32. The summed E-state index contributed by atoms with van der Waals surface area (Å²) in [6.45, 7) is 3.57. The molecule has 84 valence electrons. The Morgan fingerprint density at radius 3 is 2.87 bits per heavy atom. The van der Waals surface area contributed by atoms with Crippen molar-refractivity contribution < 1.29 is 9.15 Å². The summed E-state index contributed by atoms with van der Waals surface area (Å²) in [5, 5.41) is 3.49. The molecule has 0 saturated heterocycles. The minimum absolute atomic E-state index is 0.486. The summed E-state index contributed by atoms with van der Waals surface area (Å²) >= 11 is 0. The summed E-state index contributed by atoms with van der Waals surface area (Å²) in [6.07, 6.45) is 2.66. The van der Waals surface area contributed by atoms with Crippen LogP contribution in [0.5, 0.6) is 0 Å². The Morgan fingerprint density at radius 1 is 1.53 bits per heavy atom. The molecule has 0 spiro atoms. The Hall–Kier alpha value is -0.800. The molecule has 1 N–H and O–H groups in total. The predicted molar refractivity (Wildman–Crippen MR) is 58.7 cm³/mol. The average molecular weight is 209 g/mol. The summed E-state index contributed by atoms with van der Waals surface area (Å²) < 4.78 is 10.7. The Kier molecular flexibility index (Phi) is 3.44. The maximum atomic E-state index is 5.51. The van der Waals surface area contributed by atoms with Crippen LogP contribution in [0.2, 0.25) is 0 Å². The van der Waals surface area contributed by atoms with Crippen LogP contribution in [0.1, 0.15) is 24.4 Å². The molecule has 15 heavy (non-hydrogen) atoms. The number of furan rings is 1. The molecule has 3 heteroatoms. The molecule has 0 aromatic carbocycles. The molecule has 0 radical (unpaired) electrons. The van der Waals surface area contributed by atoms with Gasteiger partial charge in [0.05, 0.1) is 13.2 Å². The van der Waals surface area contributed by atoms with Crippen LogP contribution in [0.25, 0.3) is 0 Å². The Bertz CT molecular complexity index is 304. The zero-order valence-electron chi connectivity index (χ0n) is 9.45. The van der Waals surface area contributed by atoms with E-state index in [0.717, 1.165) is 30.6 Å². The smallest absolute Gasteiger partial charge is 0.117 e. The Labute approximate surface area is 90.8 Å². The molecule has 3 nitrogen and oxygen atoms in total. The molecule has 1 aliphatic carbocycles. The number of hydrogen-bond acceptors (Lipinski definition) is 3. The molecule has 1 aromatic heterocycles. The molecule has 1 heterocycles. The largest absolute Gasteiger partial charge is 0.465 e. The molecule has 1 saturated carbocycles. The molecular formula is C12H19NO2. The third-order valence-electron chi connectivity index (χ3n) is 2.87. The van der Waals surface area contributed by atoms with Gasteiger partial charge in [0, 0.05) is 13.2 Å². The minimum atomic E-state index is 0.486. The lowest BCUT2D eigenvalue weighted by Gasteiger charge is -2.16. The first-order valence-corrected chi connectivity index (χ1v) is 5.57. The van der Waals surface area contributed by atoms with Gasteiger partial charge in [0.25, 0.3) is 0 Å². The second kappa shape index (κ2) is 4.81. The zero-order valence-corrected chi connectivity index (χ0v) is 9.45. The standard InChI is InChI=1S/C12H19NO2/c1-9-3-6-11(15-9)7-13-12(8-14-2)10-4-5-10/h3,6,10,12-13H,4-5,7-8H2,1-2H3. The van der Waals surface area contributed by atoms with Crippen LogP contribution in [0, 0.1) is 12.8 Å². The van der Waals surface area contributed by atoms with Crippen LogP contribution in [-0.4, -0.2) is 19.8 Å². The van der Waals surface area contributed by atoms with Gasteiger partial charge < -0.3 is 14.5 Å². The normalized spacial score (nSPS) is 18.0. The van der Waals surface area contributed by atoms with Gasteiger partial charge in [-0.15, -0.1) is 0 Å². The lowest BCUT2D eigenvalue weighted by molar-refractivity contribution is 0.155. The van der Waals surface area contributed by atoms with Gasteiger partial charge in [-0.2, -0.15) is 0 Å². The van der Waals surface area contributed by atoms with Gasteiger partial charge in [-0.05, 0) is 37.8 Å². The highest BCUT2D eigenvalue weighted by atomic mass is 16.5. The fraction of sp³-hybridized carbons (Fsp3) is 0.667. The van der Waals surface area contributed by atoms with Crippen molar-refractivity contribution in [1.82, 2.24) is 5.32 Å². The molecule has 0 aliphatic heterocycles. The topological polar surface area (TPSA) is 34.4 Å². The monoisotopic (exact) mass is 209 g/mol. The van der Waals surface area contributed by atoms with Crippen molar-refractivity contribution in [2.24, 2.45) is 5.92 Å². The van der Waals surface area contributed by atoms with Gasteiger partial charge in [-0.25, -0.2) is 0 Å². The molecule has 0 bridgehead atoms. The molecule has 1 atom stereocenters. The summed E-state index contributed by atoms with van der Waals surface area (Å²) in [5.41, 5.74) is 0. The Morgan fingerprint density at radius 2 is 2.33 bits per heavy atom. The van der Waals surface area contributed by atoms with E-state index >= 15 is 0 Å². The lowest BCUT2D eigenvalue weighted by Crippen LogP contribution is -2.34. The van der Waals surface area contributed by atoms with E-state index in [1.165, 1.54) is 12.8 Å². The van der Waals surface area contributed by atoms with Crippen molar-refractivity contribution in [1.29, 1.82) is 0 Å². The molecule has 1 unspecified atom stereocenters. The van der Waals surface area contributed by atoms with Crippen LogP contribution < -0.4 is 5.32 Å². The minimum Gasteiger partial charge on any atom is -0.465 e. The molecule has 1 aliphatic rings. The van der Waals surface area contributed by atoms with Crippen molar-refractivity contribution in [3.63, 3.8) is 0 Å². The van der Waals surface area contributed by atoms with Crippen LogP contribution in [0.3, 0.4) is 0 Å². The number of methoxy groups -OCH3 is 1. The number of nitrogens with one attached hydrogen (secondary N) is 1. The summed E-state index contributed by atoms with van der Waals surface area (Å²) in [6, 6.07) is 4.51. The second-order valence-electron chi connectivity index (χ2n) is 4.29. The van der Waals surface area contributed by atoms with E-state index in [-0.39, 0.29) is 0 Å². The van der Waals surface area contributed by atoms with Crippen molar-refractivity contribution in [2.75, 3.05) is 13.7 Å². The van der Waals surface area contributed by atoms with E-state index in [0.29, 0.717) is 6.04 Å². The lowest BCUT2D eigenvalue weighted by atomic mass is 10.2. The van der Waals surface area contributed by atoms with Crippen molar-refractivity contribution in [3.05, 3.63) is 23.7 Å². The van der Waals surface area contributed by atoms with Crippen LogP contribution in [0.4, 0.5) is 0 Å². The van der Waals surface area contributed by atoms with Crippen LogP contribution in [0.15, 0.2) is 16.5 Å². The van der Waals surface area contributed by atoms with Gasteiger partial charge >= 0.3 is 0 Å². The van der Waals surface area contributed by atoms with E-state index in [2.05, 4.69) is 5.32 Å². The number of aryl methyl sites for hydroxylation is 1. The first-order valence-electron chi connectivity index (χ1n) is 5.57. The van der Waals surface area contributed by atoms with Crippen molar-refractivity contribution in [2.45, 2.75) is 32.4 Å². The third kappa shape index (κ3) is 3.08. The van der Waals surface area contributed by atoms with E-state index < -0.39 is 0 Å². The molecule has 0 amide bonds. The van der Waals surface area contributed by atoms with E-state index in [9.17, 15) is 0 Å². The fourth-order valence-electron chi connectivity index (χ4n) is 1.85. The van der Waals surface area contributed by atoms with Crippen molar-refractivity contribution >= 4 is 0 Å². The zero-order chi connectivity index (χ0) is 10.7. The molecule has 2 rings (SSSR count). The number of rotatable bonds is 6. The molecule has 1 fully saturated rings. The first-order chi connectivity index (χ1) is 7.29. The number of ether oxygens (including phenoxy) is 1. The van der Waals surface area contributed by atoms with E-state index in [1.54, 1.807) is 7.11 Å². The highest BCUT2D eigenvalue weighted by Gasteiger charge is 2.30. The van der Waals surface area contributed by atoms with Gasteiger partial charge in [0.15, 0.2) is 0 Å². The predicted octanol–water partition coefficient (Wildman–Crippen LogP) is 2.10. The van der Waals surface area contributed by atoms with Gasteiger partial charge in [0.2, 0.25) is 0 Å². The molecule has 1 aromatic rings. The van der Waals surface area contributed by atoms with Crippen molar-refractivity contribution in [3.8, 4) is 0 Å². The average Bonchev–Trinajstić information content (AvgIpc) is 2.97. The number of hydrogen-bond donors (Lipinski definition) is 1. The molecular weight excluding hydrogens is 190 g/mol. The van der Waals surface area contributed by atoms with Crippen LogP contribution in [-0.2, 0) is 11.3 Å². The summed E-state index contributed by atoms with van der Waals surface area (Å²) in [5.74, 6) is 2.79. The van der Waals surface area contributed by atoms with E-state index in [4.69, 9.17) is 9.15 Å². The van der Waals surface area contributed by atoms with Crippen LogP contribution >= 0.6 is 0 Å². The van der Waals surface area contributed by atoms with E-state index in [1.807, 2.05) is 19.1 Å². The maximum absolute atomic E-state index is 5.51. The SMILES string of the molecule is COCC(NCc1ccc(C)o1)C1CC1. The third-order valence-corrected chi connectivity index (χ3v) is 2.87. The summed E-state index contributed by atoms with van der Waals surface area (Å²) in [4.78, 5) is 0. The van der Waals surface area contributed by atoms with Gasteiger partial charge in [-0.1, -0.05) is 0 Å². The maximum Gasteiger partial charge on any atom is 0.117 e.